The highest BCUT2D eigenvalue weighted by Crippen LogP contribution is 2.40. The topological polar surface area (TPSA) is 31.7 Å². The minimum Gasteiger partial charge on any atom is -0.353 e. The fourth-order valence-corrected chi connectivity index (χ4v) is 3.66. The zero-order valence-electron chi connectivity index (χ0n) is 13.4. The van der Waals surface area contributed by atoms with Crippen LogP contribution in [0.2, 0.25) is 0 Å². The lowest BCUT2D eigenvalue weighted by Crippen LogP contribution is -2.57. The summed E-state index contributed by atoms with van der Waals surface area (Å²) in [6, 6.07) is 4.30. The number of amides is 1. The summed E-state index contributed by atoms with van der Waals surface area (Å²) in [5.41, 5.74) is 1.82. The first kappa shape index (κ1) is 14.6. The van der Waals surface area contributed by atoms with Gasteiger partial charge >= 0.3 is 0 Å². The Morgan fingerprint density at radius 2 is 2.00 bits per heavy atom. The van der Waals surface area contributed by atoms with E-state index in [1.165, 1.54) is 25.2 Å². The van der Waals surface area contributed by atoms with Crippen LogP contribution in [0.25, 0.3) is 0 Å². The predicted octanol–water partition coefficient (Wildman–Crippen LogP) is 0.621. The maximum Gasteiger partial charge on any atom is 0.236 e. The van der Waals surface area contributed by atoms with Crippen LogP contribution in [0, 0.1) is 5.41 Å². The molecule has 2 fully saturated rings. The third-order valence-electron chi connectivity index (χ3n) is 4.93. The average molecular weight is 290 g/mol. The molecule has 5 heteroatoms. The summed E-state index contributed by atoms with van der Waals surface area (Å²) in [6.45, 7) is 6.11. The molecule has 2 saturated heterocycles. The van der Waals surface area contributed by atoms with Crippen LogP contribution in [0.5, 0.6) is 0 Å². The number of carbonyl (C=O) groups is 1. The summed E-state index contributed by atoms with van der Waals surface area (Å²) in [7, 11) is 5.77. The second kappa shape index (κ2) is 5.46. The Labute approximate surface area is 127 Å². The molecule has 3 heterocycles. The molecule has 21 heavy (non-hydrogen) atoms. The van der Waals surface area contributed by atoms with E-state index in [0.29, 0.717) is 12.0 Å². The number of likely N-dealkylation sites (N-methyl/N-ethyl adjacent to an activating group) is 1. The van der Waals surface area contributed by atoms with Gasteiger partial charge in [0.2, 0.25) is 5.91 Å². The third-order valence-corrected chi connectivity index (χ3v) is 4.93. The van der Waals surface area contributed by atoms with Crippen molar-refractivity contribution in [3.05, 3.63) is 24.0 Å². The van der Waals surface area contributed by atoms with Crippen molar-refractivity contribution in [2.45, 2.75) is 13.0 Å². The van der Waals surface area contributed by atoms with Gasteiger partial charge in [0, 0.05) is 64.6 Å². The van der Waals surface area contributed by atoms with Crippen LogP contribution in [0.4, 0.5) is 0 Å². The van der Waals surface area contributed by atoms with Crippen LogP contribution in [-0.2, 0) is 18.4 Å². The van der Waals surface area contributed by atoms with Gasteiger partial charge in [-0.15, -0.1) is 0 Å². The summed E-state index contributed by atoms with van der Waals surface area (Å²) in [6.07, 6.45) is 3.34. The Balaban J connectivity index is 1.47. The quantitative estimate of drug-likeness (QED) is 0.815. The zero-order chi connectivity index (χ0) is 15.0. The fraction of sp³-hybridized carbons (Fsp3) is 0.688. The Bertz CT molecular complexity index is 516. The van der Waals surface area contributed by atoms with Gasteiger partial charge in [-0.2, -0.15) is 0 Å². The normalized spacial score (nSPS) is 21.7. The lowest BCUT2D eigenvalue weighted by molar-refractivity contribution is -0.129. The monoisotopic (exact) mass is 290 g/mol. The van der Waals surface area contributed by atoms with E-state index in [1.807, 2.05) is 14.1 Å². The number of nitrogens with zero attached hydrogens (tertiary/aromatic N) is 4. The van der Waals surface area contributed by atoms with Gasteiger partial charge in [0.25, 0.3) is 0 Å². The largest absolute Gasteiger partial charge is 0.353 e. The molecule has 2 aliphatic rings. The van der Waals surface area contributed by atoms with E-state index in [1.54, 1.807) is 4.90 Å². The Morgan fingerprint density at radius 3 is 2.62 bits per heavy atom. The Morgan fingerprint density at radius 1 is 1.29 bits per heavy atom. The first-order valence-corrected chi connectivity index (χ1v) is 7.73. The first-order chi connectivity index (χ1) is 9.97. The lowest BCUT2D eigenvalue weighted by atomic mass is 9.79. The number of hydrogen-bond acceptors (Lipinski definition) is 3. The number of hydrogen-bond donors (Lipinski definition) is 0. The standard InChI is InChI=1S/C16H26N4O/c1-17(2)15(21)10-19-8-6-16(11-19)12-20(13-16)9-14-5-4-7-18(14)3/h4-5,7H,6,8-13H2,1-3H3. The van der Waals surface area contributed by atoms with Crippen LogP contribution in [-0.4, -0.2) is 72.0 Å². The van der Waals surface area contributed by atoms with Gasteiger partial charge in [-0.25, -0.2) is 0 Å². The zero-order valence-corrected chi connectivity index (χ0v) is 13.4. The second-order valence-corrected chi connectivity index (χ2v) is 7.00. The molecular formula is C16H26N4O. The molecule has 0 atom stereocenters. The van der Waals surface area contributed by atoms with Crippen molar-refractivity contribution in [1.29, 1.82) is 0 Å². The van der Waals surface area contributed by atoms with Gasteiger partial charge in [0.05, 0.1) is 6.54 Å². The van der Waals surface area contributed by atoms with Crippen molar-refractivity contribution in [3.63, 3.8) is 0 Å². The summed E-state index contributed by atoms with van der Waals surface area (Å²) in [5, 5.41) is 0. The number of aryl methyl sites for hydroxylation is 1. The molecule has 0 bridgehead atoms. The smallest absolute Gasteiger partial charge is 0.236 e. The molecule has 1 aromatic rings. The number of likely N-dealkylation sites (tertiary alicyclic amines) is 2. The van der Waals surface area contributed by atoms with Crippen LogP contribution < -0.4 is 0 Å². The molecule has 0 saturated carbocycles. The maximum atomic E-state index is 11.8. The molecule has 5 nitrogen and oxygen atoms in total. The number of carbonyl (C=O) groups excluding carboxylic acids is 1. The summed E-state index contributed by atoms with van der Waals surface area (Å²) >= 11 is 0. The van der Waals surface area contributed by atoms with Gasteiger partial charge in [-0.3, -0.25) is 14.6 Å². The van der Waals surface area contributed by atoms with Crippen molar-refractivity contribution in [1.82, 2.24) is 19.3 Å². The van der Waals surface area contributed by atoms with Crippen molar-refractivity contribution in [2.24, 2.45) is 12.5 Å². The summed E-state index contributed by atoms with van der Waals surface area (Å²) in [4.78, 5) is 18.3. The van der Waals surface area contributed by atoms with E-state index in [4.69, 9.17) is 0 Å². The molecule has 1 amide bonds. The van der Waals surface area contributed by atoms with E-state index in [-0.39, 0.29) is 5.91 Å². The predicted molar refractivity (Wildman–Crippen MR) is 82.9 cm³/mol. The molecule has 0 unspecified atom stereocenters. The number of rotatable bonds is 4. The first-order valence-electron chi connectivity index (χ1n) is 7.73. The molecule has 0 N–H and O–H groups in total. The highest BCUT2D eigenvalue weighted by atomic mass is 16.2. The lowest BCUT2D eigenvalue weighted by Gasteiger charge is -2.48. The van der Waals surface area contributed by atoms with E-state index in [0.717, 1.165) is 19.6 Å². The van der Waals surface area contributed by atoms with Crippen molar-refractivity contribution in [3.8, 4) is 0 Å². The van der Waals surface area contributed by atoms with Gasteiger partial charge in [0.15, 0.2) is 0 Å². The third kappa shape index (κ3) is 2.99. The Kier molecular flexibility index (Phi) is 3.80. The molecule has 1 spiro atoms. The van der Waals surface area contributed by atoms with E-state index in [2.05, 4.69) is 39.7 Å². The van der Waals surface area contributed by atoms with Crippen molar-refractivity contribution in [2.75, 3.05) is 46.8 Å². The van der Waals surface area contributed by atoms with Gasteiger partial charge in [-0.1, -0.05) is 0 Å². The molecule has 0 aromatic carbocycles. The molecule has 3 rings (SSSR count). The molecule has 2 aliphatic heterocycles. The minimum atomic E-state index is 0.215. The van der Waals surface area contributed by atoms with Gasteiger partial charge < -0.3 is 9.47 Å². The van der Waals surface area contributed by atoms with Crippen LogP contribution in [0.1, 0.15) is 12.1 Å². The van der Waals surface area contributed by atoms with Crippen molar-refractivity contribution >= 4 is 5.91 Å². The van der Waals surface area contributed by atoms with Gasteiger partial charge in [-0.05, 0) is 25.1 Å². The second-order valence-electron chi connectivity index (χ2n) is 7.00. The Hall–Kier alpha value is -1.33. The summed E-state index contributed by atoms with van der Waals surface area (Å²) < 4.78 is 2.20. The average Bonchev–Trinajstić information content (AvgIpc) is 2.97. The molecule has 0 aliphatic carbocycles. The molecular weight excluding hydrogens is 264 g/mol. The highest BCUT2D eigenvalue weighted by Gasteiger charge is 2.47. The van der Waals surface area contributed by atoms with Crippen molar-refractivity contribution < 1.29 is 4.79 Å². The minimum absolute atomic E-state index is 0.215. The molecule has 0 radical (unpaired) electrons. The SMILES string of the molecule is CN(C)C(=O)CN1CCC2(C1)CN(Cc1cccn1C)C2. The molecule has 116 valence electrons. The van der Waals surface area contributed by atoms with Gasteiger partial charge in [0.1, 0.15) is 0 Å². The van der Waals surface area contributed by atoms with E-state index < -0.39 is 0 Å². The highest BCUT2D eigenvalue weighted by molar-refractivity contribution is 5.77. The summed E-state index contributed by atoms with van der Waals surface area (Å²) in [5.74, 6) is 0.215. The van der Waals surface area contributed by atoms with E-state index in [9.17, 15) is 4.79 Å². The van der Waals surface area contributed by atoms with Crippen LogP contribution >= 0.6 is 0 Å². The van der Waals surface area contributed by atoms with Crippen LogP contribution in [0.3, 0.4) is 0 Å². The molecule has 1 aromatic heterocycles. The van der Waals surface area contributed by atoms with E-state index >= 15 is 0 Å². The number of aromatic nitrogens is 1. The fourth-order valence-electron chi connectivity index (χ4n) is 3.66. The van der Waals surface area contributed by atoms with Crippen LogP contribution in [0.15, 0.2) is 18.3 Å². The maximum absolute atomic E-state index is 11.8.